The Morgan fingerprint density at radius 1 is 1.50 bits per heavy atom. The number of methoxy groups -OCH3 is 1. The normalized spacial score (nSPS) is 12.0. The molecular formula is C14H21NO3. The van der Waals surface area contributed by atoms with Gasteiger partial charge in [0, 0.05) is 17.2 Å². The number of benzene rings is 1. The van der Waals surface area contributed by atoms with Crippen molar-refractivity contribution in [2.24, 2.45) is 5.92 Å². The molecule has 0 saturated carbocycles. The maximum absolute atomic E-state index is 11.9. The van der Waals surface area contributed by atoms with Crippen molar-refractivity contribution < 1.29 is 14.6 Å². The number of aliphatic hydroxyl groups excluding tert-OH is 1. The van der Waals surface area contributed by atoms with Gasteiger partial charge in [0.1, 0.15) is 5.75 Å². The summed E-state index contributed by atoms with van der Waals surface area (Å²) < 4.78 is 5.11. The van der Waals surface area contributed by atoms with E-state index in [9.17, 15) is 9.90 Å². The van der Waals surface area contributed by atoms with Crippen LogP contribution < -0.4 is 10.1 Å². The number of hydrogen-bond acceptors (Lipinski definition) is 3. The lowest BCUT2D eigenvalue weighted by atomic mass is 10.1. The highest BCUT2D eigenvalue weighted by atomic mass is 16.5. The monoisotopic (exact) mass is 251 g/mol. The van der Waals surface area contributed by atoms with E-state index in [2.05, 4.69) is 12.2 Å². The van der Waals surface area contributed by atoms with E-state index in [4.69, 9.17) is 4.74 Å². The summed E-state index contributed by atoms with van der Waals surface area (Å²) in [5.74, 6) is 0.623. The molecule has 18 heavy (non-hydrogen) atoms. The number of rotatable bonds is 6. The van der Waals surface area contributed by atoms with Crippen molar-refractivity contribution >= 4 is 11.6 Å². The van der Waals surface area contributed by atoms with Crippen LogP contribution in [0.3, 0.4) is 0 Å². The molecule has 2 N–H and O–H groups in total. The minimum Gasteiger partial charge on any atom is -0.496 e. The number of hydrogen-bond donors (Lipinski definition) is 2. The molecule has 1 rings (SSSR count). The molecule has 1 aromatic carbocycles. The topological polar surface area (TPSA) is 58.6 Å². The first-order valence-electron chi connectivity index (χ1n) is 6.21. The van der Waals surface area contributed by atoms with Gasteiger partial charge in [0.2, 0.25) is 5.91 Å². The Labute approximate surface area is 108 Å². The third kappa shape index (κ3) is 3.74. The predicted molar refractivity (Wildman–Crippen MR) is 71.6 cm³/mol. The summed E-state index contributed by atoms with van der Waals surface area (Å²) in [5, 5.41) is 12.1. The number of carbonyl (C=O) groups excluding carboxylic acids is 1. The van der Waals surface area contributed by atoms with E-state index < -0.39 is 0 Å². The lowest BCUT2D eigenvalue weighted by Crippen LogP contribution is -2.20. The van der Waals surface area contributed by atoms with Crippen LogP contribution in [0.5, 0.6) is 5.75 Å². The summed E-state index contributed by atoms with van der Waals surface area (Å²) in [4.78, 5) is 11.9. The van der Waals surface area contributed by atoms with Gasteiger partial charge in [-0.05, 0) is 24.6 Å². The van der Waals surface area contributed by atoms with E-state index in [1.165, 1.54) is 0 Å². The third-order valence-electron chi connectivity index (χ3n) is 2.89. The van der Waals surface area contributed by atoms with E-state index in [-0.39, 0.29) is 18.4 Å². The largest absolute Gasteiger partial charge is 0.496 e. The minimum atomic E-state index is -0.114. The quantitative estimate of drug-likeness (QED) is 0.817. The molecule has 0 fully saturated rings. The summed E-state index contributed by atoms with van der Waals surface area (Å²) in [5.41, 5.74) is 1.35. The highest BCUT2D eigenvalue weighted by Crippen LogP contribution is 2.23. The highest BCUT2D eigenvalue weighted by Gasteiger charge is 2.12. The van der Waals surface area contributed by atoms with Crippen LogP contribution in [-0.4, -0.2) is 18.1 Å². The summed E-state index contributed by atoms with van der Waals surface area (Å²) in [6, 6.07) is 5.25. The van der Waals surface area contributed by atoms with Gasteiger partial charge in [-0.25, -0.2) is 0 Å². The fourth-order valence-corrected chi connectivity index (χ4v) is 1.81. The average Bonchev–Trinajstić information content (AvgIpc) is 2.38. The van der Waals surface area contributed by atoms with E-state index in [0.717, 1.165) is 12.8 Å². The summed E-state index contributed by atoms with van der Waals surface area (Å²) in [6.45, 7) is 3.85. The molecule has 0 radical (unpaired) electrons. The lowest BCUT2D eigenvalue weighted by Gasteiger charge is -2.13. The van der Waals surface area contributed by atoms with Crippen LogP contribution in [0.4, 0.5) is 5.69 Å². The molecule has 0 heterocycles. The van der Waals surface area contributed by atoms with Crippen molar-refractivity contribution in [3.05, 3.63) is 23.8 Å². The lowest BCUT2D eigenvalue weighted by molar-refractivity contribution is -0.119. The van der Waals surface area contributed by atoms with Crippen LogP contribution in [0.25, 0.3) is 0 Å². The molecule has 0 aliphatic carbocycles. The highest BCUT2D eigenvalue weighted by molar-refractivity contribution is 5.92. The van der Waals surface area contributed by atoms with Gasteiger partial charge in [-0.15, -0.1) is 0 Å². The van der Waals surface area contributed by atoms with Gasteiger partial charge in [-0.2, -0.15) is 0 Å². The van der Waals surface area contributed by atoms with Crippen molar-refractivity contribution in [3.63, 3.8) is 0 Å². The second kappa shape index (κ2) is 7.01. The molecular weight excluding hydrogens is 230 g/mol. The maximum atomic E-state index is 11.9. The molecule has 1 aromatic rings. The minimum absolute atomic E-state index is 0.00493. The van der Waals surface area contributed by atoms with E-state index in [1.54, 1.807) is 25.3 Å². The van der Waals surface area contributed by atoms with Crippen molar-refractivity contribution in [2.75, 3.05) is 12.4 Å². The van der Waals surface area contributed by atoms with Crippen LogP contribution in [0.1, 0.15) is 32.3 Å². The smallest absolute Gasteiger partial charge is 0.227 e. The molecule has 4 nitrogen and oxygen atoms in total. The Hall–Kier alpha value is -1.55. The predicted octanol–water partition coefficient (Wildman–Crippen LogP) is 2.56. The van der Waals surface area contributed by atoms with Crippen LogP contribution in [0.15, 0.2) is 18.2 Å². The fraction of sp³-hybridized carbons (Fsp3) is 0.500. The van der Waals surface area contributed by atoms with E-state index in [0.29, 0.717) is 17.0 Å². The second-order valence-corrected chi connectivity index (χ2v) is 4.36. The fourth-order valence-electron chi connectivity index (χ4n) is 1.81. The number of carbonyl (C=O) groups is 1. The Morgan fingerprint density at radius 2 is 2.22 bits per heavy atom. The van der Waals surface area contributed by atoms with Crippen LogP contribution in [0.2, 0.25) is 0 Å². The third-order valence-corrected chi connectivity index (χ3v) is 2.89. The molecule has 0 aromatic heterocycles. The average molecular weight is 251 g/mol. The van der Waals surface area contributed by atoms with Crippen molar-refractivity contribution in [2.45, 2.75) is 33.3 Å². The Kier molecular flexibility index (Phi) is 5.65. The molecule has 0 spiro atoms. The summed E-state index contributed by atoms with van der Waals surface area (Å²) in [6.07, 6.45) is 1.86. The SMILES string of the molecule is CCCC(C)C(=O)Nc1ccc(OC)c(CO)c1. The Morgan fingerprint density at radius 3 is 2.78 bits per heavy atom. The number of ether oxygens (including phenoxy) is 1. The summed E-state index contributed by atoms with van der Waals surface area (Å²) >= 11 is 0. The zero-order valence-corrected chi connectivity index (χ0v) is 11.2. The van der Waals surface area contributed by atoms with Gasteiger partial charge >= 0.3 is 0 Å². The number of anilines is 1. The first-order chi connectivity index (χ1) is 8.62. The molecule has 0 aliphatic rings. The van der Waals surface area contributed by atoms with Gasteiger partial charge in [0.15, 0.2) is 0 Å². The first-order valence-corrected chi connectivity index (χ1v) is 6.21. The molecule has 4 heteroatoms. The second-order valence-electron chi connectivity index (χ2n) is 4.36. The zero-order chi connectivity index (χ0) is 13.5. The van der Waals surface area contributed by atoms with Gasteiger partial charge in [0.25, 0.3) is 0 Å². The molecule has 100 valence electrons. The van der Waals surface area contributed by atoms with Crippen LogP contribution in [0, 0.1) is 5.92 Å². The van der Waals surface area contributed by atoms with Crippen molar-refractivity contribution in [1.82, 2.24) is 0 Å². The number of nitrogens with one attached hydrogen (secondary N) is 1. The van der Waals surface area contributed by atoms with Crippen molar-refractivity contribution in [3.8, 4) is 5.75 Å². The molecule has 0 saturated heterocycles. The van der Waals surface area contributed by atoms with E-state index >= 15 is 0 Å². The van der Waals surface area contributed by atoms with Gasteiger partial charge in [-0.1, -0.05) is 20.3 Å². The molecule has 0 aliphatic heterocycles. The Bertz CT molecular complexity index is 404. The first kappa shape index (κ1) is 14.5. The number of aliphatic hydroxyl groups is 1. The van der Waals surface area contributed by atoms with Crippen LogP contribution >= 0.6 is 0 Å². The Balaban J connectivity index is 2.76. The molecule has 1 amide bonds. The van der Waals surface area contributed by atoms with Gasteiger partial charge < -0.3 is 15.2 Å². The maximum Gasteiger partial charge on any atom is 0.227 e. The molecule has 0 bridgehead atoms. The number of amides is 1. The van der Waals surface area contributed by atoms with Crippen LogP contribution in [-0.2, 0) is 11.4 Å². The van der Waals surface area contributed by atoms with Gasteiger partial charge in [-0.3, -0.25) is 4.79 Å². The standard InChI is InChI=1S/C14H21NO3/c1-4-5-10(2)14(17)15-12-6-7-13(18-3)11(8-12)9-16/h6-8,10,16H,4-5,9H2,1-3H3,(H,15,17). The van der Waals surface area contributed by atoms with Gasteiger partial charge in [0.05, 0.1) is 13.7 Å². The zero-order valence-electron chi connectivity index (χ0n) is 11.2. The van der Waals surface area contributed by atoms with Crippen molar-refractivity contribution in [1.29, 1.82) is 0 Å². The molecule has 1 atom stereocenters. The molecule has 1 unspecified atom stereocenters. The van der Waals surface area contributed by atoms with E-state index in [1.807, 2.05) is 6.92 Å². The summed E-state index contributed by atoms with van der Waals surface area (Å²) in [7, 11) is 1.55.